The zero-order valence-electron chi connectivity index (χ0n) is 17.8. The Morgan fingerprint density at radius 3 is 2.45 bits per heavy atom. The van der Waals surface area contributed by atoms with E-state index >= 15 is 0 Å². The van der Waals surface area contributed by atoms with Crippen LogP contribution in [-0.2, 0) is 11.3 Å². The lowest BCUT2D eigenvalue weighted by atomic mass is 9.48. The molecule has 0 saturated heterocycles. The number of benzene rings is 1. The van der Waals surface area contributed by atoms with Crippen LogP contribution < -0.4 is 10.9 Å². The molecule has 2 aromatic heterocycles. The summed E-state index contributed by atoms with van der Waals surface area (Å²) in [6, 6.07) is 7.99. The average molecular weight is 422 g/mol. The van der Waals surface area contributed by atoms with Gasteiger partial charge in [0.15, 0.2) is 0 Å². The molecule has 4 bridgehead atoms. The molecule has 2 heterocycles. The second-order valence-electron chi connectivity index (χ2n) is 10.4. The highest BCUT2D eigenvalue weighted by Gasteiger charge is 2.53. The highest BCUT2D eigenvalue weighted by Crippen LogP contribution is 2.61. The minimum atomic E-state index is -0.422. The Morgan fingerprint density at radius 1 is 1.10 bits per heavy atom. The van der Waals surface area contributed by atoms with Gasteiger partial charge in [-0.2, -0.15) is 0 Å². The third kappa shape index (κ3) is 2.94. The van der Waals surface area contributed by atoms with Crippen LogP contribution in [0.5, 0.6) is 0 Å². The average Bonchev–Trinajstić information content (AvgIpc) is 3.20. The minimum Gasteiger partial charge on any atom is -0.352 e. The van der Waals surface area contributed by atoms with E-state index in [4.69, 9.17) is 0 Å². The summed E-state index contributed by atoms with van der Waals surface area (Å²) in [4.78, 5) is 26.2. The van der Waals surface area contributed by atoms with Crippen molar-refractivity contribution in [3.05, 3.63) is 52.7 Å². The monoisotopic (exact) mass is 421 g/mol. The Morgan fingerprint density at radius 2 is 1.77 bits per heavy atom. The predicted octanol–water partition coefficient (Wildman–Crippen LogP) is 4.11. The van der Waals surface area contributed by atoms with Crippen molar-refractivity contribution in [1.29, 1.82) is 0 Å². The molecule has 0 unspecified atom stereocenters. The van der Waals surface area contributed by atoms with Crippen molar-refractivity contribution in [3.8, 4) is 0 Å². The van der Waals surface area contributed by atoms with Crippen molar-refractivity contribution in [2.24, 2.45) is 23.2 Å². The van der Waals surface area contributed by atoms with Crippen molar-refractivity contribution in [3.63, 3.8) is 0 Å². The fourth-order valence-electron chi connectivity index (χ4n) is 7.38. The highest BCUT2D eigenvalue weighted by atomic mass is 19.1. The van der Waals surface area contributed by atoms with Gasteiger partial charge in [-0.1, -0.05) is 0 Å². The normalized spacial score (nSPS) is 30.2. The molecule has 6 heteroatoms. The first-order valence-electron chi connectivity index (χ1n) is 11.5. The number of halogens is 1. The third-order valence-electron chi connectivity index (χ3n) is 8.38. The molecule has 1 amide bonds. The largest absolute Gasteiger partial charge is 0.352 e. The maximum absolute atomic E-state index is 14.0. The molecule has 1 atom stereocenters. The summed E-state index contributed by atoms with van der Waals surface area (Å²) >= 11 is 0. The number of carbonyl (C=O) groups excluding carboxylic acids is 1. The number of amides is 1. The van der Waals surface area contributed by atoms with Gasteiger partial charge in [0.25, 0.3) is 5.56 Å². The van der Waals surface area contributed by atoms with E-state index in [9.17, 15) is 14.0 Å². The number of aromatic nitrogens is 2. The summed E-state index contributed by atoms with van der Waals surface area (Å²) < 4.78 is 17.2. The van der Waals surface area contributed by atoms with Crippen LogP contribution in [0.3, 0.4) is 0 Å². The third-order valence-corrected chi connectivity index (χ3v) is 8.38. The number of fused-ring (bicyclic) bond motifs is 3. The first-order valence-corrected chi connectivity index (χ1v) is 11.5. The van der Waals surface area contributed by atoms with Crippen molar-refractivity contribution >= 4 is 22.5 Å². The van der Waals surface area contributed by atoms with Gasteiger partial charge < -0.3 is 9.72 Å². The second kappa shape index (κ2) is 6.68. The number of nitrogens with zero attached hydrogens (tertiary/aromatic N) is 2. The topological polar surface area (TPSA) is 55.5 Å². The molecule has 0 radical (unpaired) electrons. The number of carbonyl (C=O) groups is 1. The van der Waals surface area contributed by atoms with E-state index in [0.29, 0.717) is 16.6 Å². The zero-order chi connectivity index (χ0) is 21.3. The van der Waals surface area contributed by atoms with Crippen molar-refractivity contribution in [2.45, 2.75) is 58.0 Å². The maximum Gasteiger partial charge on any atom is 0.275 e. The van der Waals surface area contributed by atoms with Crippen LogP contribution in [0.15, 0.2) is 41.3 Å². The molecule has 5 nitrogen and oxygen atoms in total. The van der Waals surface area contributed by atoms with Gasteiger partial charge in [0, 0.05) is 12.2 Å². The van der Waals surface area contributed by atoms with Crippen molar-refractivity contribution in [1.82, 2.24) is 14.3 Å². The lowest BCUT2D eigenvalue weighted by Gasteiger charge is -2.59. The van der Waals surface area contributed by atoms with Crippen molar-refractivity contribution in [2.75, 3.05) is 0 Å². The first-order chi connectivity index (χ1) is 14.9. The minimum absolute atomic E-state index is 0.0872. The standard InChI is InChI=1S/C25H28FN3O2/c1-15(25-11-16-7-17(12-25)9-18(8-16)13-25)27-23(30)14-29-22-10-19(26)4-5-20(22)28-6-2-3-21(28)24(29)31/h2-6,10,15-18H,7-9,11-14H2,1H3,(H,27,30)/t15-,16?,17?,18?,25?/m1/s1. The molecule has 4 fully saturated rings. The zero-order valence-corrected chi connectivity index (χ0v) is 17.8. The summed E-state index contributed by atoms with van der Waals surface area (Å²) in [6.07, 6.45) is 9.52. The molecule has 4 aliphatic rings. The van der Waals surface area contributed by atoms with E-state index in [0.717, 1.165) is 17.8 Å². The van der Waals surface area contributed by atoms with Gasteiger partial charge in [0.1, 0.15) is 17.9 Å². The van der Waals surface area contributed by atoms with Crippen LogP contribution >= 0.6 is 0 Å². The van der Waals surface area contributed by atoms with Crippen LogP contribution in [-0.4, -0.2) is 20.9 Å². The Hall–Kier alpha value is -2.63. The van der Waals surface area contributed by atoms with Gasteiger partial charge in [-0.25, -0.2) is 4.39 Å². The van der Waals surface area contributed by atoms with E-state index in [1.807, 2.05) is 0 Å². The molecule has 7 rings (SSSR count). The van der Waals surface area contributed by atoms with E-state index in [-0.39, 0.29) is 29.5 Å². The van der Waals surface area contributed by atoms with Crippen LogP contribution in [0.4, 0.5) is 4.39 Å². The molecule has 1 aromatic carbocycles. The van der Waals surface area contributed by atoms with Gasteiger partial charge in [-0.05, 0) is 98.9 Å². The second-order valence-corrected chi connectivity index (χ2v) is 10.4. The van der Waals surface area contributed by atoms with Gasteiger partial charge in [-0.3, -0.25) is 14.2 Å². The van der Waals surface area contributed by atoms with E-state index < -0.39 is 5.82 Å². The van der Waals surface area contributed by atoms with Crippen molar-refractivity contribution < 1.29 is 9.18 Å². The van der Waals surface area contributed by atoms with Crippen LogP contribution in [0, 0.1) is 29.0 Å². The van der Waals surface area contributed by atoms with Gasteiger partial charge in [0.05, 0.1) is 11.0 Å². The van der Waals surface area contributed by atoms with E-state index in [1.54, 1.807) is 28.8 Å². The Balaban J connectivity index is 1.30. The Bertz CT molecular complexity index is 1220. The summed E-state index contributed by atoms with van der Waals surface area (Å²) in [6.45, 7) is 2.04. The molecule has 31 heavy (non-hydrogen) atoms. The lowest BCUT2D eigenvalue weighted by Crippen LogP contribution is -2.56. The van der Waals surface area contributed by atoms with Crippen LogP contribution in [0.2, 0.25) is 0 Å². The molecule has 4 saturated carbocycles. The smallest absolute Gasteiger partial charge is 0.275 e. The Kier molecular flexibility index (Phi) is 4.11. The molecule has 0 spiro atoms. The Labute approximate surface area is 180 Å². The molecular formula is C25H28FN3O2. The summed E-state index contributed by atoms with van der Waals surface area (Å²) in [5, 5.41) is 3.23. The summed E-state index contributed by atoms with van der Waals surface area (Å²) in [7, 11) is 0. The SMILES string of the molecule is C[C@@H](NC(=O)Cn1c(=O)c2cccn2c2ccc(F)cc21)C12CC3CC(CC(C3)C1)C2. The number of nitrogens with one attached hydrogen (secondary N) is 1. The maximum atomic E-state index is 14.0. The number of rotatable bonds is 4. The summed E-state index contributed by atoms with van der Waals surface area (Å²) in [5.74, 6) is 1.85. The molecule has 0 aliphatic heterocycles. The summed E-state index contributed by atoms with van der Waals surface area (Å²) in [5.41, 5.74) is 1.56. The van der Waals surface area contributed by atoms with E-state index in [1.165, 1.54) is 55.2 Å². The fourth-order valence-corrected chi connectivity index (χ4v) is 7.38. The molecule has 162 valence electrons. The quantitative estimate of drug-likeness (QED) is 0.689. The highest BCUT2D eigenvalue weighted by molar-refractivity contribution is 5.82. The first kappa shape index (κ1) is 19.1. The molecule has 1 N–H and O–H groups in total. The van der Waals surface area contributed by atoms with Gasteiger partial charge in [0.2, 0.25) is 5.91 Å². The van der Waals surface area contributed by atoms with Gasteiger partial charge in [-0.15, -0.1) is 0 Å². The van der Waals surface area contributed by atoms with Gasteiger partial charge >= 0.3 is 0 Å². The number of hydrogen-bond donors (Lipinski definition) is 1. The lowest BCUT2D eigenvalue weighted by molar-refractivity contribution is -0.126. The fraction of sp³-hybridized carbons (Fsp3) is 0.520. The van der Waals surface area contributed by atoms with Crippen LogP contribution in [0.25, 0.3) is 16.6 Å². The van der Waals surface area contributed by atoms with E-state index in [2.05, 4.69) is 12.2 Å². The van der Waals surface area contributed by atoms with Crippen LogP contribution in [0.1, 0.15) is 45.4 Å². The molecular weight excluding hydrogens is 393 g/mol. The molecule has 4 aliphatic carbocycles. The predicted molar refractivity (Wildman–Crippen MR) is 117 cm³/mol. The number of hydrogen-bond acceptors (Lipinski definition) is 2. The molecule has 3 aromatic rings.